The summed E-state index contributed by atoms with van der Waals surface area (Å²) in [6.45, 7) is 24.1. The lowest BCUT2D eigenvalue weighted by atomic mass is 10.2. The molecule has 3 heterocycles. The second-order valence-electron chi connectivity index (χ2n) is 23.6. The van der Waals surface area contributed by atoms with Crippen LogP contribution in [-0.2, 0) is 13.3 Å². The molecule has 67 heavy (non-hydrogen) atoms. The number of hydrogen-bond donors (Lipinski definition) is 0. The van der Waals surface area contributed by atoms with Gasteiger partial charge < -0.3 is 26.6 Å². The zero-order valence-corrected chi connectivity index (χ0v) is 49.7. The first-order valence-corrected chi connectivity index (χ1v) is 46.5. The van der Waals surface area contributed by atoms with Gasteiger partial charge in [-0.05, 0) is 36.4 Å². The number of hydrogen-bond acceptors (Lipinski definition) is 9. The molecule has 0 radical (unpaired) electrons. The highest BCUT2D eigenvalue weighted by Crippen LogP contribution is 2.40. The molecule has 0 N–H and O–H groups in total. The Balaban J connectivity index is 0.899. The monoisotopic (exact) mass is 1030 g/mol. The van der Waals surface area contributed by atoms with Crippen LogP contribution in [0.15, 0.2) is 72.8 Å². The topological polar surface area (TPSA) is 107 Å². The van der Waals surface area contributed by atoms with Gasteiger partial charge in [-0.15, -0.1) is 0 Å². The number of para-hydroxylation sites is 3. The van der Waals surface area contributed by atoms with Crippen molar-refractivity contribution in [2.75, 3.05) is 0 Å². The lowest BCUT2D eigenvalue weighted by Gasteiger charge is -2.38. The normalized spacial score (nSPS) is 21.7. The molecule has 3 aromatic carbocycles. The van der Waals surface area contributed by atoms with Crippen LogP contribution in [0.4, 0.5) is 0 Å². The quantitative estimate of drug-likeness (QED) is 0.0574. The molecule has 0 saturated carbocycles. The maximum Gasteiger partial charge on any atom is 0.462 e. The molecule has 3 aliphatic heterocycles. The Hall–Kier alpha value is -3.01. The number of fused-ring (bicyclic) bond motifs is 3. The molecule has 0 spiro atoms. The van der Waals surface area contributed by atoms with E-state index < -0.39 is 58.0 Å². The van der Waals surface area contributed by atoms with Crippen LogP contribution in [0.5, 0.6) is 17.2 Å². The summed E-state index contributed by atoms with van der Waals surface area (Å²) in [7, 11) is -14.0. The first-order valence-electron chi connectivity index (χ1n) is 25.5. The zero-order valence-electron chi connectivity index (χ0n) is 42.7. The van der Waals surface area contributed by atoms with Crippen molar-refractivity contribution in [1.82, 2.24) is 0 Å². The summed E-state index contributed by atoms with van der Waals surface area (Å²) in [5, 5.41) is 0. The first kappa shape index (κ1) is 53.3. The summed E-state index contributed by atoms with van der Waals surface area (Å²) in [6, 6.07) is 35.7. The number of benzene rings is 3. The molecule has 0 aliphatic carbocycles. The lowest BCUT2D eigenvalue weighted by Crippen LogP contribution is -2.52. The van der Waals surface area contributed by atoms with Crippen molar-refractivity contribution >= 4 is 75.9 Å². The molecule has 0 fully saturated rings. The number of unbranched alkanes of at least 4 members (excludes halogenated alkanes) is 6. The van der Waals surface area contributed by atoms with E-state index in [1.165, 1.54) is 75.5 Å². The minimum Gasteiger partial charge on any atom is -0.511 e. The van der Waals surface area contributed by atoms with Crippen LogP contribution in [0.1, 0.15) is 82.4 Å². The molecule has 0 saturated heterocycles. The van der Waals surface area contributed by atoms with Gasteiger partial charge >= 0.3 is 43.6 Å². The molecule has 0 aromatic heterocycles. The van der Waals surface area contributed by atoms with Gasteiger partial charge in [0.25, 0.3) is 0 Å². The van der Waals surface area contributed by atoms with Crippen LogP contribution in [0.25, 0.3) is 0 Å². The van der Waals surface area contributed by atoms with Gasteiger partial charge in [-0.2, -0.15) is 0 Å². The Kier molecular flexibility index (Phi) is 17.8. The Labute approximate surface area is 410 Å². The molecule has 0 amide bonds. The van der Waals surface area contributed by atoms with Crippen molar-refractivity contribution < 1.29 is 40.9 Å². The fourth-order valence-electron chi connectivity index (χ4n) is 9.97. The third-order valence-corrected chi connectivity index (χ3v) is 38.2. The summed E-state index contributed by atoms with van der Waals surface area (Å²) in [4.78, 5) is 38.9. The van der Waals surface area contributed by atoms with Gasteiger partial charge in [0.1, 0.15) is 17.2 Å². The van der Waals surface area contributed by atoms with E-state index in [4.69, 9.17) is 26.6 Å². The van der Waals surface area contributed by atoms with Crippen molar-refractivity contribution in [3.8, 4) is 17.2 Å². The maximum absolute atomic E-state index is 13.5. The third kappa shape index (κ3) is 15.7. The highest BCUT2D eigenvalue weighted by atomic mass is 28.4. The molecule has 9 nitrogen and oxygen atoms in total. The summed E-state index contributed by atoms with van der Waals surface area (Å²) in [6.07, 6.45) is 10.1. The Bertz CT molecular complexity index is 2060. The second kappa shape index (κ2) is 22.4. The Morgan fingerprint density at radius 2 is 0.627 bits per heavy atom. The number of carbonyl (C=O) groups excluding carboxylic acids is 3. The molecule has 0 bridgehead atoms. The SMILES string of the molecule is C[Si](C)(CCCCCC[Si](C)(C)CC[Si]1(CC[Si](C)(C)CCCCCC[Si](C)(C)CC[Si]2(C)OC(=O)c3ccccc3O2)OC(=O)c2ccccc2O1)CC[Si]1(C)OC(=O)c2ccccc2O1. The number of carbonyl (C=O) groups is 3. The third-order valence-electron chi connectivity index (χ3n) is 15.0. The van der Waals surface area contributed by atoms with Gasteiger partial charge in [-0.25, -0.2) is 14.4 Å². The lowest BCUT2D eigenvalue weighted by molar-refractivity contribution is 0.0642. The van der Waals surface area contributed by atoms with E-state index >= 15 is 0 Å². The molecule has 16 heteroatoms. The summed E-state index contributed by atoms with van der Waals surface area (Å²) in [5.41, 5.74) is 1.65. The van der Waals surface area contributed by atoms with E-state index in [1.807, 2.05) is 73.8 Å². The molecule has 2 atom stereocenters. The van der Waals surface area contributed by atoms with Gasteiger partial charge in [-0.3, -0.25) is 0 Å². The van der Waals surface area contributed by atoms with Crippen LogP contribution in [0, 0.1) is 0 Å². The summed E-state index contributed by atoms with van der Waals surface area (Å²) < 4.78 is 37.9. The van der Waals surface area contributed by atoms with Crippen LogP contribution < -0.4 is 13.3 Å². The smallest absolute Gasteiger partial charge is 0.462 e. The average Bonchev–Trinajstić information content (AvgIpc) is 3.26. The van der Waals surface area contributed by atoms with E-state index in [0.29, 0.717) is 28.2 Å². The molecule has 368 valence electrons. The fraction of sp³-hybridized carbons (Fsp3) is 0.588. The summed E-state index contributed by atoms with van der Waals surface area (Å²) in [5.74, 6) is 1.45. The van der Waals surface area contributed by atoms with Gasteiger partial charge in [0, 0.05) is 69.6 Å². The van der Waals surface area contributed by atoms with Gasteiger partial charge in [0.05, 0.1) is 16.7 Å². The highest BCUT2D eigenvalue weighted by Gasteiger charge is 2.50. The molecular weight excluding hydrogens is 953 g/mol. The van der Waals surface area contributed by atoms with Crippen molar-refractivity contribution in [3.63, 3.8) is 0 Å². The molecule has 6 rings (SSSR count). The molecule has 3 aromatic rings. The standard InChI is InChI=1S/C51H82O9Si7/c1-61(2,35-39-65(9)55-46-28-18-15-25-43(46)49(52)58-65)31-21-11-13-23-33-63(5,6)37-41-67(57-48-30-20-17-27-45(48)51(54)60-67)42-38-64(7,8)34-24-14-12-22-32-62(3,4)36-40-66(10)56-47-29-19-16-26-44(47)50(53)59-66/h15-20,25-30H,11-14,21-24,31-42H2,1-10H3. The van der Waals surface area contributed by atoms with E-state index in [9.17, 15) is 14.4 Å². The van der Waals surface area contributed by atoms with Crippen molar-refractivity contribution in [2.45, 2.75) is 189 Å². The molecular formula is C51H82O9Si7. The van der Waals surface area contributed by atoms with Crippen molar-refractivity contribution in [3.05, 3.63) is 89.5 Å². The van der Waals surface area contributed by atoms with Crippen molar-refractivity contribution in [2.24, 2.45) is 0 Å². The fourth-order valence-corrected chi connectivity index (χ4v) is 37.8. The Morgan fingerprint density at radius 1 is 0.343 bits per heavy atom. The number of rotatable bonds is 26. The van der Waals surface area contributed by atoms with Gasteiger partial charge in [0.2, 0.25) is 0 Å². The van der Waals surface area contributed by atoms with E-state index in [2.05, 4.69) is 52.4 Å². The largest absolute Gasteiger partial charge is 0.511 e. The van der Waals surface area contributed by atoms with Crippen LogP contribution >= 0.6 is 0 Å². The van der Waals surface area contributed by atoms with Gasteiger partial charge in [-0.1, -0.05) is 188 Å². The van der Waals surface area contributed by atoms with Crippen LogP contribution in [0.2, 0.25) is 138 Å². The minimum atomic E-state index is -2.81. The van der Waals surface area contributed by atoms with E-state index in [1.54, 1.807) is 12.1 Å². The van der Waals surface area contributed by atoms with Crippen LogP contribution in [-0.4, -0.2) is 75.9 Å². The predicted molar refractivity (Wildman–Crippen MR) is 291 cm³/mol. The average molecular weight is 1040 g/mol. The second-order valence-corrected chi connectivity index (χ2v) is 54.5. The molecule has 2 unspecified atom stereocenters. The molecule has 3 aliphatic rings. The van der Waals surface area contributed by atoms with E-state index in [-0.39, 0.29) is 17.9 Å². The van der Waals surface area contributed by atoms with Crippen LogP contribution in [0.3, 0.4) is 0 Å². The first-order chi connectivity index (χ1) is 31.5. The van der Waals surface area contributed by atoms with Gasteiger partial charge in [0.15, 0.2) is 0 Å². The Morgan fingerprint density at radius 3 is 0.970 bits per heavy atom. The van der Waals surface area contributed by atoms with E-state index in [0.717, 1.165) is 54.1 Å². The summed E-state index contributed by atoms with van der Waals surface area (Å²) >= 11 is 0. The highest BCUT2D eigenvalue weighted by molar-refractivity contribution is 6.83. The van der Waals surface area contributed by atoms with Crippen molar-refractivity contribution in [1.29, 1.82) is 0 Å². The zero-order chi connectivity index (χ0) is 48.6. The minimum absolute atomic E-state index is 0.187. The predicted octanol–water partition coefficient (Wildman–Crippen LogP) is 15.3. The maximum atomic E-state index is 13.5.